The zero-order valence-corrected chi connectivity index (χ0v) is 24.9. The zero-order valence-electron chi connectivity index (χ0n) is 24.9. The fraction of sp³-hybridized carbons (Fsp3) is 0.312. The van der Waals surface area contributed by atoms with E-state index < -0.39 is 0 Å². The first-order chi connectivity index (χ1) is 20.2. The highest BCUT2D eigenvalue weighted by Crippen LogP contribution is 2.22. The number of rotatable bonds is 8. The number of benzene rings is 2. The smallest absolute Gasteiger partial charge is 0.267 e. The second-order valence-corrected chi connectivity index (χ2v) is 9.99. The van der Waals surface area contributed by atoms with Gasteiger partial charge in [0.05, 0.1) is 5.56 Å². The van der Waals surface area contributed by atoms with Gasteiger partial charge in [-0.25, -0.2) is 4.98 Å². The van der Waals surface area contributed by atoms with Crippen LogP contribution in [-0.2, 0) is 17.9 Å². The third-order valence-corrected chi connectivity index (χ3v) is 6.50. The lowest BCUT2D eigenvalue weighted by Gasteiger charge is -2.32. The molecule has 3 aromatic rings. The second-order valence-electron chi connectivity index (χ2n) is 9.99. The van der Waals surface area contributed by atoms with Crippen molar-refractivity contribution in [2.24, 2.45) is 10.7 Å². The van der Waals surface area contributed by atoms with Crippen molar-refractivity contribution in [2.75, 3.05) is 29.5 Å². The summed E-state index contributed by atoms with van der Waals surface area (Å²) < 4.78 is 0. The average molecular weight is 571 g/mol. The lowest BCUT2D eigenvalue weighted by atomic mass is 9.99. The number of nitrogens with one attached hydrogen (secondary N) is 2. The SMILES string of the molecule is CC.CC(C)N=C1CCN(c2ccc(C(=O)NCc3ccc(N)cc3)cn2)C/C1=C(/N)C(=O)NCc1ccc(N)cc1. The Morgan fingerprint density at radius 1 is 0.905 bits per heavy atom. The average Bonchev–Trinajstić information content (AvgIpc) is 3.01. The van der Waals surface area contributed by atoms with Crippen molar-refractivity contribution < 1.29 is 9.59 Å². The van der Waals surface area contributed by atoms with Crippen LogP contribution < -0.4 is 32.7 Å². The summed E-state index contributed by atoms with van der Waals surface area (Å²) in [7, 11) is 0. The number of aliphatic imine (C=N–C) groups is 1. The number of nitrogens with zero attached hydrogens (tertiary/aromatic N) is 3. The number of hydrogen-bond acceptors (Lipinski definition) is 8. The Morgan fingerprint density at radius 3 is 2.00 bits per heavy atom. The molecular weight excluding hydrogens is 528 g/mol. The van der Waals surface area contributed by atoms with Gasteiger partial charge in [0.25, 0.3) is 11.8 Å². The van der Waals surface area contributed by atoms with E-state index in [1.54, 1.807) is 42.6 Å². The summed E-state index contributed by atoms with van der Waals surface area (Å²) in [5.74, 6) is 0.112. The van der Waals surface area contributed by atoms with E-state index in [0.29, 0.717) is 60.9 Å². The minimum Gasteiger partial charge on any atom is -0.399 e. The molecule has 0 aliphatic carbocycles. The van der Waals surface area contributed by atoms with Gasteiger partial charge in [0, 0.05) is 67.5 Å². The molecule has 10 heteroatoms. The largest absolute Gasteiger partial charge is 0.399 e. The Labute approximate surface area is 248 Å². The van der Waals surface area contributed by atoms with Crippen LogP contribution in [0.4, 0.5) is 17.2 Å². The number of pyridine rings is 1. The number of aromatic nitrogens is 1. The lowest BCUT2D eigenvalue weighted by Crippen LogP contribution is -2.40. The Kier molecular flexibility index (Phi) is 11.5. The highest BCUT2D eigenvalue weighted by Gasteiger charge is 2.26. The maximum Gasteiger partial charge on any atom is 0.267 e. The summed E-state index contributed by atoms with van der Waals surface area (Å²) >= 11 is 0. The standard InChI is InChI=1S/C30H36N8O2.C2H6/c1-19(2)37-26-13-14-38(18-25(26)28(33)30(40)36-16-21-5-10-24(32)11-6-21)27-12-7-22(17-34-27)29(39)35-15-20-3-8-23(31)9-4-20;1-2/h3-12,17,19H,13-16,18,31-33H2,1-2H3,(H,35,39)(H,36,40);1-2H3/b28-25-,37-26?;. The molecule has 42 heavy (non-hydrogen) atoms. The van der Waals surface area contributed by atoms with E-state index in [2.05, 4.69) is 15.6 Å². The molecule has 0 saturated carbocycles. The number of hydrogen-bond donors (Lipinski definition) is 5. The highest BCUT2D eigenvalue weighted by atomic mass is 16.2. The van der Waals surface area contributed by atoms with Gasteiger partial charge >= 0.3 is 0 Å². The summed E-state index contributed by atoms with van der Waals surface area (Å²) in [6.07, 6.45) is 2.17. The van der Waals surface area contributed by atoms with Crippen molar-refractivity contribution in [2.45, 2.75) is 53.2 Å². The second kappa shape index (κ2) is 15.2. The summed E-state index contributed by atoms with van der Waals surface area (Å²) in [5, 5.41) is 5.78. The van der Waals surface area contributed by atoms with Crippen molar-refractivity contribution in [3.63, 3.8) is 0 Å². The molecule has 0 unspecified atom stereocenters. The number of carbonyl (C=O) groups excluding carboxylic acids is 2. The van der Waals surface area contributed by atoms with Crippen molar-refractivity contribution in [1.82, 2.24) is 15.6 Å². The Hall–Kier alpha value is -4.86. The third-order valence-electron chi connectivity index (χ3n) is 6.50. The summed E-state index contributed by atoms with van der Waals surface area (Å²) in [4.78, 5) is 36.9. The van der Waals surface area contributed by atoms with Gasteiger partial charge in [0.1, 0.15) is 11.5 Å². The molecule has 1 saturated heterocycles. The topological polar surface area (TPSA) is 165 Å². The van der Waals surface area contributed by atoms with E-state index in [0.717, 1.165) is 16.8 Å². The molecule has 0 radical (unpaired) electrons. The number of nitrogen functional groups attached to an aromatic ring is 2. The molecule has 0 spiro atoms. The Morgan fingerprint density at radius 2 is 1.48 bits per heavy atom. The van der Waals surface area contributed by atoms with E-state index in [4.69, 9.17) is 22.2 Å². The van der Waals surface area contributed by atoms with Crippen molar-refractivity contribution in [1.29, 1.82) is 0 Å². The van der Waals surface area contributed by atoms with E-state index >= 15 is 0 Å². The van der Waals surface area contributed by atoms with Crippen LogP contribution in [0.25, 0.3) is 0 Å². The molecule has 1 aliphatic heterocycles. The van der Waals surface area contributed by atoms with Crippen molar-refractivity contribution in [3.05, 3.63) is 94.8 Å². The lowest BCUT2D eigenvalue weighted by molar-refractivity contribution is -0.117. The van der Waals surface area contributed by atoms with Crippen LogP contribution in [-0.4, -0.2) is 41.6 Å². The normalized spacial score (nSPS) is 15.1. The molecule has 0 atom stereocenters. The number of carbonyl (C=O) groups is 2. The van der Waals surface area contributed by atoms with Gasteiger partial charge in [0.2, 0.25) is 0 Å². The molecule has 222 valence electrons. The fourth-order valence-electron chi connectivity index (χ4n) is 4.32. The van der Waals surface area contributed by atoms with Crippen molar-refractivity contribution >= 4 is 34.7 Å². The molecule has 8 N–H and O–H groups in total. The predicted octanol–water partition coefficient (Wildman–Crippen LogP) is 3.79. The van der Waals surface area contributed by atoms with Gasteiger partial charge in [-0.1, -0.05) is 38.1 Å². The zero-order chi connectivity index (χ0) is 30.6. The number of piperidine rings is 1. The highest BCUT2D eigenvalue weighted by molar-refractivity contribution is 6.09. The maximum atomic E-state index is 13.0. The van der Waals surface area contributed by atoms with Crippen LogP contribution in [0.5, 0.6) is 0 Å². The van der Waals surface area contributed by atoms with E-state index in [-0.39, 0.29) is 23.6 Å². The predicted molar refractivity (Wildman–Crippen MR) is 171 cm³/mol. The molecule has 1 fully saturated rings. The van der Waals surface area contributed by atoms with E-state index in [9.17, 15) is 9.59 Å². The first-order valence-electron chi connectivity index (χ1n) is 14.2. The van der Waals surface area contributed by atoms with Gasteiger partial charge < -0.3 is 32.7 Å². The van der Waals surface area contributed by atoms with E-state index in [1.807, 2.05) is 56.9 Å². The van der Waals surface area contributed by atoms with Crippen LogP contribution in [0.3, 0.4) is 0 Å². The van der Waals surface area contributed by atoms with Crippen LogP contribution in [0, 0.1) is 0 Å². The first kappa shape index (κ1) is 31.7. The first-order valence-corrected chi connectivity index (χ1v) is 14.2. The molecule has 2 amide bonds. The minimum absolute atomic E-state index is 0.0614. The molecule has 10 nitrogen and oxygen atoms in total. The molecule has 0 bridgehead atoms. The van der Waals surface area contributed by atoms with Gasteiger partial charge in [-0.05, 0) is 61.4 Å². The molecular formula is C32H42N8O2. The monoisotopic (exact) mass is 570 g/mol. The van der Waals surface area contributed by atoms with Gasteiger partial charge in [-0.3, -0.25) is 14.6 Å². The minimum atomic E-state index is -0.355. The van der Waals surface area contributed by atoms with Crippen molar-refractivity contribution in [3.8, 4) is 0 Å². The molecule has 2 aromatic carbocycles. The fourth-order valence-corrected chi connectivity index (χ4v) is 4.32. The Balaban J connectivity index is 0.00000237. The number of anilines is 3. The molecule has 2 heterocycles. The molecule has 1 aliphatic rings. The maximum absolute atomic E-state index is 13.0. The van der Waals surface area contributed by atoms with Crippen LogP contribution in [0.2, 0.25) is 0 Å². The Bertz CT molecular complexity index is 1400. The number of amides is 2. The third kappa shape index (κ3) is 8.82. The van der Waals surface area contributed by atoms with Gasteiger partial charge in [0.15, 0.2) is 0 Å². The van der Waals surface area contributed by atoms with Crippen LogP contribution >= 0.6 is 0 Å². The van der Waals surface area contributed by atoms with Crippen LogP contribution in [0.1, 0.15) is 55.6 Å². The summed E-state index contributed by atoms with van der Waals surface area (Å²) in [5.41, 5.74) is 23.2. The van der Waals surface area contributed by atoms with Gasteiger partial charge in [-0.15, -0.1) is 0 Å². The van der Waals surface area contributed by atoms with Crippen LogP contribution in [0.15, 0.2) is 83.1 Å². The molecule has 1 aromatic heterocycles. The summed E-state index contributed by atoms with van der Waals surface area (Å²) in [6, 6.07) is 18.3. The number of nitrogens with two attached hydrogens (primary N) is 3. The quantitative estimate of drug-likeness (QED) is 0.203. The molecule has 4 rings (SSSR count). The van der Waals surface area contributed by atoms with E-state index in [1.165, 1.54) is 0 Å². The van der Waals surface area contributed by atoms with Gasteiger partial charge in [-0.2, -0.15) is 0 Å². The summed E-state index contributed by atoms with van der Waals surface area (Å²) in [6.45, 7) is 9.74.